The molecule has 1 rings (SSSR count). The number of carbonyl (C=O) groups is 1. The highest BCUT2D eigenvalue weighted by molar-refractivity contribution is 5.76. The number of amides is 1. The van der Waals surface area contributed by atoms with E-state index in [4.69, 9.17) is 0 Å². The van der Waals surface area contributed by atoms with Gasteiger partial charge < -0.3 is 10.4 Å². The summed E-state index contributed by atoms with van der Waals surface area (Å²) in [5.41, 5.74) is 0.933. The summed E-state index contributed by atoms with van der Waals surface area (Å²) in [5, 5.41) is 12.1. The van der Waals surface area contributed by atoms with E-state index in [-0.39, 0.29) is 18.6 Å². The van der Waals surface area contributed by atoms with E-state index in [1.807, 2.05) is 44.2 Å². The number of rotatable bonds is 5. The van der Waals surface area contributed by atoms with Gasteiger partial charge in [0.05, 0.1) is 12.6 Å². The van der Waals surface area contributed by atoms with E-state index in [0.29, 0.717) is 12.3 Å². The largest absolute Gasteiger partial charge is 0.394 e. The van der Waals surface area contributed by atoms with Gasteiger partial charge in [-0.2, -0.15) is 0 Å². The van der Waals surface area contributed by atoms with Crippen LogP contribution >= 0.6 is 0 Å². The zero-order valence-corrected chi connectivity index (χ0v) is 9.81. The van der Waals surface area contributed by atoms with Crippen LogP contribution in [0.4, 0.5) is 0 Å². The van der Waals surface area contributed by atoms with E-state index in [2.05, 4.69) is 5.32 Å². The van der Waals surface area contributed by atoms with E-state index in [0.717, 1.165) is 5.56 Å². The first-order valence-corrected chi connectivity index (χ1v) is 5.58. The first-order chi connectivity index (χ1) is 7.63. The Kier molecular flexibility index (Phi) is 4.99. The van der Waals surface area contributed by atoms with Crippen molar-refractivity contribution in [1.82, 2.24) is 5.32 Å². The maximum Gasteiger partial charge on any atom is 0.220 e. The molecule has 1 atom stereocenters. The molecule has 2 N–H and O–H groups in total. The van der Waals surface area contributed by atoms with Gasteiger partial charge in [-0.25, -0.2) is 0 Å². The molecule has 88 valence electrons. The molecule has 0 aliphatic carbocycles. The Hall–Kier alpha value is -1.35. The van der Waals surface area contributed by atoms with Gasteiger partial charge in [-0.15, -0.1) is 0 Å². The summed E-state index contributed by atoms with van der Waals surface area (Å²) in [7, 11) is 0. The van der Waals surface area contributed by atoms with Gasteiger partial charge in [0.2, 0.25) is 5.91 Å². The number of hydrogen-bond acceptors (Lipinski definition) is 2. The lowest BCUT2D eigenvalue weighted by molar-refractivity contribution is -0.122. The van der Waals surface area contributed by atoms with Crippen molar-refractivity contribution in [2.45, 2.75) is 26.3 Å². The number of nitrogens with one attached hydrogen (secondary N) is 1. The molecule has 0 radical (unpaired) electrons. The third-order valence-corrected chi connectivity index (χ3v) is 2.31. The molecule has 0 aliphatic heterocycles. The maximum absolute atomic E-state index is 11.6. The average molecular weight is 221 g/mol. The molecule has 0 aromatic heterocycles. The number of aliphatic hydroxyl groups is 1. The summed E-state index contributed by atoms with van der Waals surface area (Å²) in [6.45, 7) is 3.92. The second-order valence-electron chi connectivity index (χ2n) is 4.31. The van der Waals surface area contributed by atoms with Crippen molar-refractivity contribution in [2.24, 2.45) is 5.92 Å². The molecular weight excluding hydrogens is 202 g/mol. The van der Waals surface area contributed by atoms with Crippen LogP contribution in [0.5, 0.6) is 0 Å². The van der Waals surface area contributed by atoms with Crippen LogP contribution in [-0.2, 0) is 4.79 Å². The molecule has 0 spiro atoms. The normalized spacial score (nSPS) is 12.5. The van der Waals surface area contributed by atoms with Crippen molar-refractivity contribution in [1.29, 1.82) is 0 Å². The van der Waals surface area contributed by atoms with Gasteiger partial charge in [0, 0.05) is 6.42 Å². The first-order valence-electron chi connectivity index (χ1n) is 5.58. The number of benzene rings is 1. The minimum atomic E-state index is -0.299. The lowest BCUT2D eigenvalue weighted by Gasteiger charge is -2.17. The molecule has 0 aliphatic rings. The summed E-state index contributed by atoms with van der Waals surface area (Å²) in [5.74, 6) is 0.313. The molecule has 0 bridgehead atoms. The number of carbonyl (C=O) groups excluding carboxylic acids is 1. The van der Waals surface area contributed by atoms with Gasteiger partial charge in [-0.05, 0) is 11.5 Å². The zero-order valence-electron chi connectivity index (χ0n) is 9.81. The predicted molar refractivity (Wildman–Crippen MR) is 63.9 cm³/mol. The molecule has 0 unspecified atom stereocenters. The lowest BCUT2D eigenvalue weighted by atomic mass is 10.1. The summed E-state index contributed by atoms with van der Waals surface area (Å²) in [6, 6.07) is 9.20. The lowest BCUT2D eigenvalue weighted by Crippen LogP contribution is -2.31. The van der Waals surface area contributed by atoms with Crippen molar-refractivity contribution in [3.63, 3.8) is 0 Å². The second kappa shape index (κ2) is 6.28. The van der Waals surface area contributed by atoms with Gasteiger partial charge in [0.1, 0.15) is 0 Å². The summed E-state index contributed by atoms with van der Waals surface area (Å²) < 4.78 is 0. The standard InChI is InChI=1S/C13H19NO2/c1-10(2)8-13(16)14-12(9-15)11-6-4-3-5-7-11/h3-7,10,12,15H,8-9H2,1-2H3,(H,14,16)/t12-/m1/s1. The quantitative estimate of drug-likeness (QED) is 0.797. The monoisotopic (exact) mass is 221 g/mol. The first kappa shape index (κ1) is 12.7. The Morgan fingerprint density at radius 2 is 1.94 bits per heavy atom. The fourth-order valence-electron chi connectivity index (χ4n) is 1.54. The Bertz CT molecular complexity index is 322. The Balaban J connectivity index is 2.59. The maximum atomic E-state index is 11.6. The zero-order chi connectivity index (χ0) is 12.0. The molecule has 1 aromatic carbocycles. The van der Waals surface area contributed by atoms with Crippen LogP contribution in [0.15, 0.2) is 30.3 Å². The van der Waals surface area contributed by atoms with E-state index >= 15 is 0 Å². The van der Waals surface area contributed by atoms with Crippen molar-refractivity contribution >= 4 is 5.91 Å². The van der Waals surface area contributed by atoms with Crippen LogP contribution in [0.25, 0.3) is 0 Å². The third-order valence-electron chi connectivity index (χ3n) is 2.31. The minimum absolute atomic E-state index is 0.0158. The Labute approximate surface area is 96.5 Å². The molecule has 0 saturated carbocycles. The van der Waals surface area contributed by atoms with Crippen molar-refractivity contribution in [2.75, 3.05) is 6.61 Å². The highest BCUT2D eigenvalue weighted by atomic mass is 16.3. The van der Waals surface area contributed by atoms with Gasteiger partial charge in [0.15, 0.2) is 0 Å². The topological polar surface area (TPSA) is 49.3 Å². The predicted octanol–water partition coefficient (Wildman–Crippen LogP) is 1.88. The van der Waals surface area contributed by atoms with E-state index in [1.165, 1.54) is 0 Å². The van der Waals surface area contributed by atoms with Gasteiger partial charge in [0.25, 0.3) is 0 Å². The molecule has 3 nitrogen and oxygen atoms in total. The Morgan fingerprint density at radius 3 is 2.44 bits per heavy atom. The van der Waals surface area contributed by atoms with Crippen LogP contribution < -0.4 is 5.32 Å². The fraction of sp³-hybridized carbons (Fsp3) is 0.462. The molecule has 0 fully saturated rings. The fourth-order valence-corrected chi connectivity index (χ4v) is 1.54. The van der Waals surface area contributed by atoms with Gasteiger partial charge in [-0.1, -0.05) is 44.2 Å². The number of aliphatic hydroxyl groups excluding tert-OH is 1. The second-order valence-corrected chi connectivity index (χ2v) is 4.31. The summed E-state index contributed by atoms with van der Waals surface area (Å²) in [6.07, 6.45) is 0.489. The molecular formula is C13H19NO2. The van der Waals surface area contributed by atoms with Crippen molar-refractivity contribution in [3.05, 3.63) is 35.9 Å². The highest BCUT2D eigenvalue weighted by Crippen LogP contribution is 2.12. The van der Waals surface area contributed by atoms with E-state index < -0.39 is 0 Å². The molecule has 0 saturated heterocycles. The molecule has 1 amide bonds. The molecule has 0 heterocycles. The van der Waals surface area contributed by atoms with Crippen LogP contribution in [0.1, 0.15) is 31.9 Å². The molecule has 16 heavy (non-hydrogen) atoms. The number of hydrogen-bond donors (Lipinski definition) is 2. The van der Waals surface area contributed by atoms with Crippen LogP contribution in [0, 0.1) is 5.92 Å². The van der Waals surface area contributed by atoms with Crippen molar-refractivity contribution < 1.29 is 9.90 Å². The van der Waals surface area contributed by atoms with E-state index in [9.17, 15) is 9.90 Å². The average Bonchev–Trinajstić information content (AvgIpc) is 2.26. The molecule has 1 aromatic rings. The van der Waals surface area contributed by atoms with Gasteiger partial charge in [-0.3, -0.25) is 4.79 Å². The minimum Gasteiger partial charge on any atom is -0.394 e. The van der Waals surface area contributed by atoms with E-state index in [1.54, 1.807) is 0 Å². The summed E-state index contributed by atoms with van der Waals surface area (Å²) >= 11 is 0. The van der Waals surface area contributed by atoms with Crippen LogP contribution in [-0.4, -0.2) is 17.6 Å². The van der Waals surface area contributed by atoms with Crippen molar-refractivity contribution in [3.8, 4) is 0 Å². The smallest absolute Gasteiger partial charge is 0.220 e. The SMILES string of the molecule is CC(C)CC(=O)N[C@H](CO)c1ccccc1. The van der Waals surface area contributed by atoms with Crippen LogP contribution in [0.3, 0.4) is 0 Å². The van der Waals surface area contributed by atoms with Gasteiger partial charge >= 0.3 is 0 Å². The molecule has 3 heteroatoms. The van der Waals surface area contributed by atoms with Crippen LogP contribution in [0.2, 0.25) is 0 Å². The highest BCUT2D eigenvalue weighted by Gasteiger charge is 2.13. The third kappa shape index (κ3) is 4.03. The summed E-state index contributed by atoms with van der Waals surface area (Å²) in [4.78, 5) is 11.6. The Morgan fingerprint density at radius 1 is 1.31 bits per heavy atom.